The fourth-order valence-corrected chi connectivity index (χ4v) is 1.99. The molecule has 94 valence electrons. The second-order valence-electron chi connectivity index (χ2n) is 4.07. The van der Waals surface area contributed by atoms with Crippen molar-refractivity contribution in [1.29, 1.82) is 0 Å². The molecule has 0 aliphatic heterocycles. The van der Waals surface area contributed by atoms with E-state index in [-0.39, 0.29) is 5.43 Å². The van der Waals surface area contributed by atoms with E-state index in [9.17, 15) is 4.79 Å². The first kappa shape index (κ1) is 11.8. The number of para-hydroxylation sites is 1. The van der Waals surface area contributed by atoms with Crippen LogP contribution in [-0.2, 0) is 0 Å². The predicted molar refractivity (Wildman–Crippen MR) is 75.7 cm³/mol. The van der Waals surface area contributed by atoms with Crippen LogP contribution in [0.15, 0.2) is 65.6 Å². The molecule has 19 heavy (non-hydrogen) atoms. The third kappa shape index (κ3) is 2.33. The van der Waals surface area contributed by atoms with Crippen LogP contribution in [0.1, 0.15) is 0 Å². The van der Waals surface area contributed by atoms with Gasteiger partial charge < -0.3 is 4.84 Å². The minimum Gasteiger partial charge on any atom is -0.375 e. The summed E-state index contributed by atoms with van der Waals surface area (Å²) in [6.45, 7) is 0. The SMILES string of the molecule is O=c1ccn(Oc2ccc(Cl)cc2)c2ccccc12. The largest absolute Gasteiger partial charge is 0.375 e. The second kappa shape index (κ2) is 4.78. The zero-order chi connectivity index (χ0) is 13.2. The van der Waals surface area contributed by atoms with Crippen molar-refractivity contribution in [2.75, 3.05) is 0 Å². The highest BCUT2D eigenvalue weighted by molar-refractivity contribution is 6.30. The Kier molecular flexibility index (Phi) is 2.97. The molecule has 0 aliphatic rings. The Morgan fingerprint density at radius 3 is 2.47 bits per heavy atom. The van der Waals surface area contributed by atoms with Crippen molar-refractivity contribution in [2.45, 2.75) is 0 Å². The summed E-state index contributed by atoms with van der Waals surface area (Å²) in [6, 6.07) is 15.8. The summed E-state index contributed by atoms with van der Waals surface area (Å²) in [6.07, 6.45) is 1.61. The Bertz CT molecular complexity index is 778. The number of rotatable bonds is 2. The molecule has 0 saturated heterocycles. The normalized spacial score (nSPS) is 10.6. The van der Waals surface area contributed by atoms with Crippen LogP contribution in [0.2, 0.25) is 5.02 Å². The van der Waals surface area contributed by atoms with Crippen molar-refractivity contribution in [3.8, 4) is 5.75 Å². The fraction of sp³-hybridized carbons (Fsp3) is 0. The van der Waals surface area contributed by atoms with E-state index < -0.39 is 0 Å². The number of nitrogens with zero attached hydrogens (tertiary/aromatic N) is 1. The predicted octanol–water partition coefficient (Wildman–Crippen LogP) is 3.50. The molecule has 0 atom stereocenters. The van der Waals surface area contributed by atoms with E-state index >= 15 is 0 Å². The lowest BCUT2D eigenvalue weighted by Crippen LogP contribution is -2.11. The van der Waals surface area contributed by atoms with Gasteiger partial charge >= 0.3 is 0 Å². The van der Waals surface area contributed by atoms with Gasteiger partial charge in [-0.25, -0.2) is 0 Å². The summed E-state index contributed by atoms with van der Waals surface area (Å²) < 4.78 is 1.57. The molecule has 2 aromatic carbocycles. The highest BCUT2D eigenvalue weighted by Crippen LogP contribution is 2.17. The molecule has 3 aromatic rings. The van der Waals surface area contributed by atoms with Gasteiger partial charge in [-0.1, -0.05) is 23.7 Å². The molecular weight excluding hydrogens is 262 g/mol. The molecule has 0 saturated carbocycles. The van der Waals surface area contributed by atoms with Gasteiger partial charge in [-0.3, -0.25) is 4.79 Å². The zero-order valence-corrected chi connectivity index (χ0v) is 10.7. The van der Waals surface area contributed by atoms with E-state index in [1.807, 2.05) is 18.2 Å². The van der Waals surface area contributed by atoms with Crippen molar-refractivity contribution in [1.82, 2.24) is 4.73 Å². The molecule has 0 radical (unpaired) electrons. The van der Waals surface area contributed by atoms with Crippen molar-refractivity contribution in [3.63, 3.8) is 0 Å². The number of hydrogen-bond donors (Lipinski definition) is 0. The Morgan fingerprint density at radius 2 is 1.68 bits per heavy atom. The molecule has 0 amide bonds. The standard InChI is InChI=1S/C15H10ClNO2/c16-11-5-7-12(8-6-11)19-17-10-9-15(18)13-3-1-2-4-14(13)17/h1-10H. The molecule has 0 bridgehead atoms. The van der Waals surface area contributed by atoms with E-state index in [1.165, 1.54) is 6.07 Å². The molecule has 1 heterocycles. The van der Waals surface area contributed by atoms with E-state index in [0.717, 1.165) is 5.52 Å². The third-order valence-corrected chi connectivity index (χ3v) is 3.04. The number of hydrogen-bond acceptors (Lipinski definition) is 2. The molecule has 3 rings (SSSR count). The van der Waals surface area contributed by atoms with Crippen LogP contribution in [0.25, 0.3) is 10.9 Å². The number of fused-ring (bicyclic) bond motifs is 1. The zero-order valence-electron chi connectivity index (χ0n) is 9.92. The van der Waals surface area contributed by atoms with Crippen LogP contribution in [-0.4, -0.2) is 4.73 Å². The van der Waals surface area contributed by atoms with Gasteiger partial charge in [-0.05, 0) is 36.4 Å². The Hall–Kier alpha value is -2.26. The quantitative estimate of drug-likeness (QED) is 0.714. The van der Waals surface area contributed by atoms with Gasteiger partial charge in [0.05, 0.1) is 5.52 Å². The average Bonchev–Trinajstić information content (AvgIpc) is 2.45. The smallest absolute Gasteiger partial charge is 0.189 e. The van der Waals surface area contributed by atoms with E-state index in [4.69, 9.17) is 16.4 Å². The minimum atomic E-state index is -0.0217. The van der Waals surface area contributed by atoms with Crippen molar-refractivity contribution in [3.05, 3.63) is 76.0 Å². The number of halogens is 1. The molecule has 0 fully saturated rings. The Balaban J connectivity index is 2.08. The van der Waals surface area contributed by atoms with Crippen LogP contribution in [0.3, 0.4) is 0 Å². The summed E-state index contributed by atoms with van der Waals surface area (Å²) in [7, 11) is 0. The molecule has 1 aromatic heterocycles. The monoisotopic (exact) mass is 271 g/mol. The summed E-state index contributed by atoms with van der Waals surface area (Å²) in [5, 5.41) is 1.27. The molecule has 0 unspecified atom stereocenters. The molecule has 3 nitrogen and oxygen atoms in total. The Morgan fingerprint density at radius 1 is 0.947 bits per heavy atom. The molecule has 0 N–H and O–H groups in total. The lowest BCUT2D eigenvalue weighted by atomic mass is 10.2. The average molecular weight is 272 g/mol. The second-order valence-corrected chi connectivity index (χ2v) is 4.50. The first-order valence-corrected chi connectivity index (χ1v) is 6.16. The van der Waals surface area contributed by atoms with Crippen molar-refractivity contribution < 1.29 is 4.84 Å². The van der Waals surface area contributed by atoms with Crippen LogP contribution < -0.4 is 10.3 Å². The molecule has 0 aliphatic carbocycles. The van der Waals surface area contributed by atoms with Gasteiger partial charge in [0.1, 0.15) is 0 Å². The van der Waals surface area contributed by atoms with Gasteiger partial charge in [-0.15, -0.1) is 0 Å². The highest BCUT2D eigenvalue weighted by atomic mass is 35.5. The third-order valence-electron chi connectivity index (χ3n) is 2.79. The van der Waals surface area contributed by atoms with E-state index in [2.05, 4.69) is 0 Å². The van der Waals surface area contributed by atoms with Gasteiger partial charge in [-0.2, -0.15) is 4.73 Å². The Labute approximate surface area is 114 Å². The van der Waals surface area contributed by atoms with E-state index in [1.54, 1.807) is 41.3 Å². The topological polar surface area (TPSA) is 31.2 Å². The van der Waals surface area contributed by atoms with Crippen LogP contribution >= 0.6 is 11.6 Å². The van der Waals surface area contributed by atoms with E-state index in [0.29, 0.717) is 16.2 Å². The van der Waals surface area contributed by atoms with Gasteiger partial charge in [0.25, 0.3) is 0 Å². The van der Waals surface area contributed by atoms with Crippen molar-refractivity contribution >= 4 is 22.5 Å². The summed E-state index contributed by atoms with van der Waals surface area (Å²) in [5.41, 5.74) is 0.705. The molecule has 4 heteroatoms. The van der Waals surface area contributed by atoms with Gasteiger partial charge in [0, 0.05) is 22.7 Å². The van der Waals surface area contributed by atoms with Gasteiger partial charge in [0.15, 0.2) is 11.2 Å². The van der Waals surface area contributed by atoms with Crippen LogP contribution in [0.4, 0.5) is 0 Å². The maximum Gasteiger partial charge on any atom is 0.189 e. The summed E-state index contributed by atoms with van der Waals surface area (Å²) in [5.74, 6) is 0.651. The highest BCUT2D eigenvalue weighted by Gasteiger charge is 2.03. The lowest BCUT2D eigenvalue weighted by molar-refractivity contribution is 0.227. The summed E-state index contributed by atoms with van der Waals surface area (Å²) in [4.78, 5) is 17.5. The lowest BCUT2D eigenvalue weighted by Gasteiger charge is -2.11. The van der Waals surface area contributed by atoms with Crippen LogP contribution in [0, 0.1) is 0 Å². The van der Waals surface area contributed by atoms with Crippen LogP contribution in [0.5, 0.6) is 5.75 Å². The first-order valence-electron chi connectivity index (χ1n) is 5.78. The maximum atomic E-state index is 11.7. The van der Waals surface area contributed by atoms with Gasteiger partial charge in [0.2, 0.25) is 0 Å². The molecule has 0 spiro atoms. The number of aromatic nitrogens is 1. The first-order chi connectivity index (χ1) is 9.24. The fourth-order valence-electron chi connectivity index (χ4n) is 1.87. The number of benzene rings is 2. The maximum absolute atomic E-state index is 11.7. The number of pyridine rings is 1. The minimum absolute atomic E-state index is 0.0217. The summed E-state index contributed by atoms with van der Waals surface area (Å²) >= 11 is 5.83. The molecular formula is C15H10ClNO2. The van der Waals surface area contributed by atoms with Crippen molar-refractivity contribution in [2.24, 2.45) is 0 Å².